The lowest BCUT2D eigenvalue weighted by atomic mass is 9.79. The van der Waals surface area contributed by atoms with Crippen LogP contribution in [0.15, 0.2) is 72.8 Å². The number of nitro groups is 2. The largest absolute Gasteiger partial charge is 0.356 e. The molecule has 33 heavy (non-hydrogen) atoms. The number of ketones is 1. The highest BCUT2D eigenvalue weighted by Gasteiger charge is 2.42. The van der Waals surface area contributed by atoms with Crippen molar-refractivity contribution in [3.8, 4) is 0 Å². The van der Waals surface area contributed by atoms with Crippen molar-refractivity contribution in [3.63, 3.8) is 0 Å². The highest BCUT2D eigenvalue weighted by atomic mass is 35.5. The van der Waals surface area contributed by atoms with Gasteiger partial charge in [-0.05, 0) is 35.4 Å². The predicted octanol–water partition coefficient (Wildman–Crippen LogP) is 6.05. The number of benzene rings is 3. The van der Waals surface area contributed by atoms with Crippen molar-refractivity contribution in [1.29, 1.82) is 0 Å². The third-order valence-corrected chi connectivity index (χ3v) is 6.32. The lowest BCUT2D eigenvalue weighted by molar-refractivity contribution is -0.385. The molecule has 0 unspecified atom stereocenters. The lowest BCUT2D eigenvalue weighted by Gasteiger charge is -2.46. The molecule has 3 atom stereocenters. The second kappa shape index (κ2) is 8.99. The fourth-order valence-corrected chi connectivity index (χ4v) is 4.50. The fourth-order valence-electron chi connectivity index (χ4n) is 4.38. The normalized spacial score (nSPS) is 20.5. The van der Waals surface area contributed by atoms with Crippen molar-refractivity contribution in [2.75, 3.05) is 4.90 Å². The number of piperidine rings is 1. The number of nitro benzene ring substituents is 2. The molecular weight excluding hydrogens is 446 g/mol. The Morgan fingerprint density at radius 1 is 0.818 bits per heavy atom. The van der Waals surface area contributed by atoms with E-state index < -0.39 is 15.9 Å². The number of rotatable bonds is 5. The van der Waals surface area contributed by atoms with E-state index in [1.165, 1.54) is 24.3 Å². The Bertz CT molecular complexity index is 1200. The van der Waals surface area contributed by atoms with Crippen LogP contribution in [0.2, 0.25) is 5.02 Å². The van der Waals surface area contributed by atoms with Gasteiger partial charge in [-0.3, -0.25) is 25.0 Å². The molecule has 3 aromatic rings. The molecule has 1 aliphatic rings. The van der Waals surface area contributed by atoms with Crippen LogP contribution in [0.1, 0.15) is 36.6 Å². The van der Waals surface area contributed by atoms with Crippen LogP contribution in [0.25, 0.3) is 0 Å². The number of hydrogen-bond acceptors (Lipinski definition) is 6. The molecular formula is C24H20ClN3O5. The minimum atomic E-state index is -0.464. The maximum atomic E-state index is 13.1. The summed E-state index contributed by atoms with van der Waals surface area (Å²) in [6.45, 7) is 1.85. The first kappa shape index (κ1) is 22.4. The monoisotopic (exact) mass is 465 g/mol. The van der Waals surface area contributed by atoms with Gasteiger partial charge in [-0.2, -0.15) is 0 Å². The molecule has 9 heteroatoms. The van der Waals surface area contributed by atoms with E-state index in [1.54, 1.807) is 36.4 Å². The van der Waals surface area contributed by atoms with E-state index >= 15 is 0 Å². The highest BCUT2D eigenvalue weighted by Crippen LogP contribution is 2.46. The summed E-state index contributed by atoms with van der Waals surface area (Å²) < 4.78 is 0. The Morgan fingerprint density at radius 3 is 1.79 bits per heavy atom. The average Bonchev–Trinajstić information content (AvgIpc) is 2.81. The first-order valence-corrected chi connectivity index (χ1v) is 10.7. The number of hydrogen-bond donors (Lipinski definition) is 0. The first-order valence-electron chi connectivity index (χ1n) is 10.3. The van der Waals surface area contributed by atoms with Crippen LogP contribution in [0, 0.1) is 26.1 Å². The van der Waals surface area contributed by atoms with Crippen LogP contribution in [0.4, 0.5) is 17.1 Å². The van der Waals surface area contributed by atoms with Gasteiger partial charge in [-0.15, -0.1) is 0 Å². The van der Waals surface area contributed by atoms with Crippen molar-refractivity contribution in [3.05, 3.63) is 109 Å². The number of halogens is 1. The van der Waals surface area contributed by atoms with Gasteiger partial charge in [0.2, 0.25) is 0 Å². The Hall–Kier alpha value is -3.78. The zero-order chi connectivity index (χ0) is 23.7. The van der Waals surface area contributed by atoms with E-state index in [-0.39, 0.29) is 35.5 Å². The summed E-state index contributed by atoms with van der Waals surface area (Å²) in [5.74, 6) is -0.330. The Labute approximate surface area is 194 Å². The van der Waals surface area contributed by atoms with Gasteiger partial charge >= 0.3 is 0 Å². The molecule has 0 radical (unpaired) electrons. The van der Waals surface area contributed by atoms with E-state index in [4.69, 9.17) is 11.6 Å². The number of Topliss-reactive ketones (excluding diaryl/α,β-unsaturated/α-hetero) is 1. The third kappa shape index (κ3) is 4.42. The van der Waals surface area contributed by atoms with E-state index in [2.05, 4.69) is 4.90 Å². The summed E-state index contributed by atoms with van der Waals surface area (Å²) in [6.07, 6.45) is 0.227. The molecule has 0 N–H and O–H groups in total. The second-order valence-electron chi connectivity index (χ2n) is 8.00. The SMILES string of the molecule is C[C@H]1C(=O)C[C@@H](c2ccc([N+](=O)[O-])cc2)N(c2ccc(Cl)cc2)[C@H]1c1ccc([N+](=O)[O-])cc1. The zero-order valence-corrected chi connectivity index (χ0v) is 18.4. The molecule has 0 saturated carbocycles. The molecule has 1 saturated heterocycles. The summed E-state index contributed by atoms with van der Waals surface area (Å²) >= 11 is 6.10. The van der Waals surface area contributed by atoms with Crippen molar-refractivity contribution >= 4 is 34.4 Å². The summed E-state index contributed by atoms with van der Waals surface area (Å²) in [7, 11) is 0. The predicted molar refractivity (Wildman–Crippen MR) is 124 cm³/mol. The molecule has 0 aromatic heterocycles. The topological polar surface area (TPSA) is 107 Å². The summed E-state index contributed by atoms with van der Waals surface area (Å²) in [6, 6.07) is 18.9. The molecule has 4 rings (SSSR count). The van der Waals surface area contributed by atoms with Gasteiger partial charge in [-0.25, -0.2) is 0 Å². The maximum Gasteiger partial charge on any atom is 0.269 e. The molecule has 1 heterocycles. The molecule has 3 aromatic carbocycles. The Morgan fingerprint density at radius 2 is 1.30 bits per heavy atom. The summed E-state index contributed by atoms with van der Waals surface area (Å²) in [5, 5.41) is 22.8. The van der Waals surface area contributed by atoms with Gasteiger partial charge in [0.15, 0.2) is 0 Å². The van der Waals surface area contributed by atoms with E-state index in [1.807, 2.05) is 19.1 Å². The molecule has 1 fully saturated rings. The van der Waals surface area contributed by atoms with Crippen molar-refractivity contribution in [2.45, 2.75) is 25.4 Å². The molecule has 0 bridgehead atoms. The smallest absolute Gasteiger partial charge is 0.269 e. The average molecular weight is 466 g/mol. The third-order valence-electron chi connectivity index (χ3n) is 6.07. The summed E-state index contributed by atoms with van der Waals surface area (Å²) in [5.41, 5.74) is 2.30. The van der Waals surface area contributed by atoms with Crippen molar-refractivity contribution in [2.24, 2.45) is 5.92 Å². The van der Waals surface area contributed by atoms with Crippen LogP contribution < -0.4 is 4.90 Å². The molecule has 0 spiro atoms. The second-order valence-corrected chi connectivity index (χ2v) is 8.44. The van der Waals surface area contributed by atoms with Crippen molar-refractivity contribution in [1.82, 2.24) is 0 Å². The standard InChI is InChI=1S/C24H20ClN3O5/c1-15-23(29)14-22(16-2-8-20(9-3-16)27(30)31)26(19-12-6-18(25)7-13-19)24(15)17-4-10-21(11-5-17)28(32)33/h2-13,15,22,24H,14H2,1H3/t15-,22-,24+/m0/s1. The van der Waals surface area contributed by atoms with Crippen LogP contribution in [0.3, 0.4) is 0 Å². The minimum Gasteiger partial charge on any atom is -0.356 e. The zero-order valence-electron chi connectivity index (χ0n) is 17.6. The number of non-ortho nitro benzene ring substituents is 2. The van der Waals surface area contributed by atoms with Gasteiger partial charge in [-0.1, -0.05) is 42.8 Å². The van der Waals surface area contributed by atoms with Gasteiger partial charge < -0.3 is 4.90 Å². The van der Waals surface area contributed by atoms with Crippen LogP contribution in [0.5, 0.6) is 0 Å². The molecule has 8 nitrogen and oxygen atoms in total. The van der Waals surface area contributed by atoms with Gasteiger partial charge in [0.1, 0.15) is 5.78 Å². The quantitative estimate of drug-likeness (QED) is 0.335. The molecule has 1 aliphatic heterocycles. The van der Waals surface area contributed by atoms with Crippen molar-refractivity contribution < 1.29 is 14.6 Å². The van der Waals surface area contributed by atoms with Crippen LogP contribution in [-0.2, 0) is 4.79 Å². The fraction of sp³-hybridized carbons (Fsp3) is 0.208. The number of anilines is 1. The highest BCUT2D eigenvalue weighted by molar-refractivity contribution is 6.30. The lowest BCUT2D eigenvalue weighted by Crippen LogP contribution is -2.45. The first-order chi connectivity index (χ1) is 15.8. The number of carbonyl (C=O) groups is 1. The molecule has 168 valence electrons. The van der Waals surface area contributed by atoms with Crippen LogP contribution >= 0.6 is 11.6 Å². The number of nitrogens with zero attached hydrogens (tertiary/aromatic N) is 3. The Kier molecular flexibility index (Phi) is 6.11. The number of carbonyl (C=O) groups excluding carboxylic acids is 1. The van der Waals surface area contributed by atoms with E-state index in [9.17, 15) is 25.0 Å². The maximum absolute atomic E-state index is 13.1. The molecule has 0 aliphatic carbocycles. The van der Waals surface area contributed by atoms with Gasteiger partial charge in [0.05, 0.1) is 21.9 Å². The summed E-state index contributed by atoms with van der Waals surface area (Å²) in [4.78, 5) is 36.5. The minimum absolute atomic E-state index is 0.0285. The van der Waals surface area contributed by atoms with E-state index in [0.717, 1.165) is 16.8 Å². The molecule has 0 amide bonds. The van der Waals surface area contributed by atoms with Crippen LogP contribution in [-0.4, -0.2) is 15.6 Å². The van der Waals surface area contributed by atoms with Gasteiger partial charge in [0, 0.05) is 47.3 Å². The Balaban J connectivity index is 1.84. The van der Waals surface area contributed by atoms with Gasteiger partial charge in [0.25, 0.3) is 11.4 Å². The van der Waals surface area contributed by atoms with E-state index in [0.29, 0.717) is 5.02 Å².